The first-order valence-corrected chi connectivity index (χ1v) is 7.17. The van der Waals surface area contributed by atoms with E-state index in [0.717, 1.165) is 0 Å². The van der Waals surface area contributed by atoms with E-state index in [4.69, 9.17) is 9.31 Å². The molecule has 0 amide bonds. The summed E-state index contributed by atoms with van der Waals surface area (Å²) in [7, 11) is -0.161. The van der Waals surface area contributed by atoms with Crippen LogP contribution in [-0.2, 0) is 9.31 Å². The minimum atomic E-state index is -0.220. The molecule has 0 aromatic carbocycles. The van der Waals surface area contributed by atoms with Crippen LogP contribution in [0.5, 0.6) is 0 Å². The van der Waals surface area contributed by atoms with Crippen molar-refractivity contribution in [3.8, 4) is 0 Å². The highest BCUT2D eigenvalue weighted by Crippen LogP contribution is 2.40. The number of allylic oxidation sites excluding steroid dienone is 1. The Balaban J connectivity index is 2.00. The number of hydrogen-bond acceptors (Lipinski definition) is 2. The molecule has 1 heterocycles. The maximum atomic E-state index is 6.02. The van der Waals surface area contributed by atoms with Gasteiger partial charge in [-0.15, -0.1) is 0 Å². The Hall–Kier alpha value is -0.275. The molecule has 0 N–H and O–H groups in total. The molecule has 2 aliphatic rings. The highest BCUT2D eigenvalue weighted by molar-refractivity contribution is 6.51. The third-order valence-corrected chi connectivity index (χ3v) is 4.89. The topological polar surface area (TPSA) is 18.5 Å². The minimum absolute atomic E-state index is 0.161. The zero-order valence-electron chi connectivity index (χ0n) is 12.8. The fourth-order valence-electron chi connectivity index (χ4n) is 2.56. The normalized spacial score (nSPS) is 29.4. The first-order chi connectivity index (χ1) is 8.11. The van der Waals surface area contributed by atoms with Gasteiger partial charge < -0.3 is 9.31 Å². The van der Waals surface area contributed by atoms with Crippen molar-refractivity contribution < 1.29 is 9.31 Å². The van der Waals surface area contributed by atoms with E-state index in [1.54, 1.807) is 0 Å². The summed E-state index contributed by atoms with van der Waals surface area (Å²) >= 11 is 0. The van der Waals surface area contributed by atoms with Crippen molar-refractivity contribution in [2.75, 3.05) is 0 Å². The van der Waals surface area contributed by atoms with Gasteiger partial charge in [-0.25, -0.2) is 0 Å². The van der Waals surface area contributed by atoms with Gasteiger partial charge in [0.15, 0.2) is 0 Å². The Bertz CT molecular complexity index is 328. The maximum Gasteiger partial charge on any atom is 0.487 e. The average molecular weight is 250 g/mol. The second kappa shape index (κ2) is 4.38. The van der Waals surface area contributed by atoms with Gasteiger partial charge in [0.2, 0.25) is 0 Å². The third-order valence-electron chi connectivity index (χ3n) is 4.89. The summed E-state index contributed by atoms with van der Waals surface area (Å²) in [5.74, 6) is 2.21. The first kappa shape index (κ1) is 14.1. The van der Waals surface area contributed by atoms with Gasteiger partial charge in [0.05, 0.1) is 11.2 Å². The molecule has 1 saturated heterocycles. The van der Waals surface area contributed by atoms with Crippen LogP contribution < -0.4 is 0 Å². The summed E-state index contributed by atoms with van der Waals surface area (Å²) in [6, 6.07) is 0. The Kier molecular flexibility index (Phi) is 3.44. The summed E-state index contributed by atoms with van der Waals surface area (Å²) in [4.78, 5) is 0. The van der Waals surface area contributed by atoms with E-state index in [0.29, 0.717) is 5.41 Å². The molecule has 2 rings (SSSR count). The predicted molar refractivity (Wildman–Crippen MR) is 76.4 cm³/mol. The molecule has 102 valence electrons. The van der Waals surface area contributed by atoms with E-state index in [1.807, 2.05) is 0 Å². The Labute approximate surface area is 112 Å². The van der Waals surface area contributed by atoms with Crippen molar-refractivity contribution in [1.82, 2.24) is 0 Å². The summed E-state index contributed by atoms with van der Waals surface area (Å²) in [5.41, 5.74) is 1.58. The summed E-state index contributed by atoms with van der Waals surface area (Å²) in [6.45, 7) is 13.1. The molecule has 0 spiro atoms. The molecule has 2 fully saturated rings. The molecule has 0 radical (unpaired) electrons. The lowest BCUT2D eigenvalue weighted by Gasteiger charge is -2.32. The van der Waals surface area contributed by atoms with Crippen molar-refractivity contribution in [2.45, 2.75) is 78.4 Å². The van der Waals surface area contributed by atoms with E-state index in [-0.39, 0.29) is 18.3 Å². The SMILES string of the molecule is CC1(C)CCC(=CB2OC(C)(C)C(C)(C)O2)CC1. The summed E-state index contributed by atoms with van der Waals surface area (Å²) in [5, 5.41) is 0. The predicted octanol–water partition coefficient (Wildman–Crippen LogP) is 4.14. The third kappa shape index (κ3) is 2.83. The van der Waals surface area contributed by atoms with Gasteiger partial charge in [-0.2, -0.15) is 0 Å². The van der Waals surface area contributed by atoms with Crippen LogP contribution in [0.25, 0.3) is 0 Å². The van der Waals surface area contributed by atoms with Gasteiger partial charge in [0.25, 0.3) is 0 Å². The van der Waals surface area contributed by atoms with Gasteiger partial charge in [0.1, 0.15) is 0 Å². The van der Waals surface area contributed by atoms with Crippen LogP contribution >= 0.6 is 0 Å². The van der Waals surface area contributed by atoms with Crippen molar-refractivity contribution in [3.63, 3.8) is 0 Å². The van der Waals surface area contributed by atoms with Gasteiger partial charge in [-0.1, -0.05) is 25.4 Å². The van der Waals surface area contributed by atoms with Crippen LogP contribution in [0.2, 0.25) is 0 Å². The molecule has 0 bridgehead atoms. The highest BCUT2D eigenvalue weighted by Gasteiger charge is 2.50. The lowest BCUT2D eigenvalue weighted by atomic mass is 9.73. The summed E-state index contributed by atoms with van der Waals surface area (Å²) in [6.07, 6.45) is 4.94. The van der Waals surface area contributed by atoms with Crippen LogP contribution in [0.1, 0.15) is 67.2 Å². The Morgan fingerprint density at radius 1 is 0.889 bits per heavy atom. The lowest BCUT2D eigenvalue weighted by Crippen LogP contribution is -2.41. The molecule has 3 heteroatoms. The van der Waals surface area contributed by atoms with Crippen molar-refractivity contribution in [3.05, 3.63) is 11.5 Å². The van der Waals surface area contributed by atoms with E-state index in [9.17, 15) is 0 Å². The van der Waals surface area contributed by atoms with Crippen molar-refractivity contribution in [1.29, 1.82) is 0 Å². The molecule has 1 aliphatic carbocycles. The van der Waals surface area contributed by atoms with Crippen LogP contribution in [0.3, 0.4) is 0 Å². The minimum Gasteiger partial charge on any atom is -0.400 e. The molecule has 1 saturated carbocycles. The monoisotopic (exact) mass is 250 g/mol. The van der Waals surface area contributed by atoms with Gasteiger partial charge in [-0.3, -0.25) is 0 Å². The quantitative estimate of drug-likeness (QED) is 0.651. The zero-order valence-corrected chi connectivity index (χ0v) is 12.8. The second-order valence-corrected chi connectivity index (χ2v) is 7.61. The smallest absolute Gasteiger partial charge is 0.400 e. The molecular formula is C15H27BO2. The van der Waals surface area contributed by atoms with E-state index in [2.05, 4.69) is 47.5 Å². The fraction of sp³-hybridized carbons (Fsp3) is 0.867. The highest BCUT2D eigenvalue weighted by atomic mass is 16.7. The fourth-order valence-corrected chi connectivity index (χ4v) is 2.56. The van der Waals surface area contributed by atoms with E-state index in [1.165, 1.54) is 31.3 Å². The molecule has 0 atom stereocenters. The second-order valence-electron chi connectivity index (χ2n) is 7.61. The Morgan fingerprint density at radius 3 is 1.78 bits per heavy atom. The maximum absolute atomic E-state index is 6.02. The Morgan fingerprint density at radius 2 is 1.33 bits per heavy atom. The van der Waals surface area contributed by atoms with Crippen molar-refractivity contribution >= 4 is 7.12 Å². The average Bonchev–Trinajstić information content (AvgIpc) is 2.39. The lowest BCUT2D eigenvalue weighted by molar-refractivity contribution is 0.00578. The molecule has 1 aliphatic heterocycles. The molecular weight excluding hydrogens is 223 g/mol. The molecule has 2 nitrogen and oxygen atoms in total. The van der Waals surface area contributed by atoms with E-state index >= 15 is 0 Å². The van der Waals surface area contributed by atoms with Gasteiger partial charge in [-0.05, 0) is 58.8 Å². The largest absolute Gasteiger partial charge is 0.487 e. The van der Waals surface area contributed by atoms with Crippen LogP contribution in [0.15, 0.2) is 11.5 Å². The summed E-state index contributed by atoms with van der Waals surface area (Å²) < 4.78 is 12.0. The van der Waals surface area contributed by atoms with Gasteiger partial charge in [0, 0.05) is 0 Å². The van der Waals surface area contributed by atoms with Crippen LogP contribution in [-0.4, -0.2) is 18.3 Å². The molecule has 0 aromatic heterocycles. The van der Waals surface area contributed by atoms with Gasteiger partial charge >= 0.3 is 7.12 Å². The number of rotatable bonds is 1. The number of hydrogen-bond donors (Lipinski definition) is 0. The molecule has 18 heavy (non-hydrogen) atoms. The molecule has 0 aromatic rings. The van der Waals surface area contributed by atoms with Crippen LogP contribution in [0.4, 0.5) is 0 Å². The van der Waals surface area contributed by atoms with Crippen molar-refractivity contribution in [2.24, 2.45) is 5.41 Å². The zero-order chi connectivity index (χ0) is 13.6. The first-order valence-electron chi connectivity index (χ1n) is 7.17. The van der Waals surface area contributed by atoms with E-state index < -0.39 is 0 Å². The van der Waals surface area contributed by atoms with Crippen LogP contribution in [0, 0.1) is 5.41 Å². The molecule has 0 unspecified atom stereocenters. The standard InChI is InChI=1S/C15H27BO2/c1-13(2)9-7-12(8-10-13)11-16-17-14(3,4)15(5,6)18-16/h11H,7-10H2,1-6H3.